The Kier molecular flexibility index (Phi) is 5.84. The molecule has 2 atom stereocenters. The molecular weight excluding hydrogens is 324 g/mol. The molecule has 2 aromatic carbocycles. The number of carbonyl (C=O) groups excluding carboxylic acids is 2. The van der Waals surface area contributed by atoms with Crippen LogP contribution in [0.15, 0.2) is 73.3 Å². The molecule has 2 aromatic rings. The minimum absolute atomic E-state index is 0.0172. The van der Waals surface area contributed by atoms with Gasteiger partial charge in [-0.15, -0.1) is 6.58 Å². The molecule has 1 aliphatic rings. The van der Waals surface area contributed by atoms with E-state index in [0.717, 1.165) is 6.42 Å². The number of piperidine rings is 1. The van der Waals surface area contributed by atoms with Crippen LogP contribution in [0.25, 0.3) is 0 Å². The first-order valence-electron chi connectivity index (χ1n) is 8.97. The maximum absolute atomic E-state index is 12.9. The molecule has 1 heterocycles. The summed E-state index contributed by atoms with van der Waals surface area (Å²) in [5.74, 6) is -0.109. The van der Waals surface area contributed by atoms with Crippen LogP contribution < -0.4 is 5.32 Å². The minimum atomic E-state index is -0.221. The molecule has 134 valence electrons. The highest BCUT2D eigenvalue weighted by atomic mass is 16.2. The largest absolute Gasteiger partial charge is 0.352 e. The molecule has 0 aromatic heterocycles. The molecule has 1 N–H and O–H groups in total. The van der Waals surface area contributed by atoms with Crippen LogP contribution in [0, 0.1) is 5.92 Å². The van der Waals surface area contributed by atoms with Gasteiger partial charge in [-0.05, 0) is 24.1 Å². The smallest absolute Gasteiger partial charge is 0.253 e. The molecule has 0 saturated carbocycles. The highest BCUT2D eigenvalue weighted by Crippen LogP contribution is 2.31. The lowest BCUT2D eigenvalue weighted by Gasteiger charge is -2.37. The zero-order valence-electron chi connectivity index (χ0n) is 14.8. The second kappa shape index (κ2) is 8.48. The van der Waals surface area contributed by atoms with E-state index in [1.165, 1.54) is 5.56 Å². The van der Waals surface area contributed by atoms with Gasteiger partial charge in [-0.25, -0.2) is 0 Å². The van der Waals surface area contributed by atoms with Gasteiger partial charge in [-0.3, -0.25) is 9.59 Å². The molecule has 0 radical (unpaired) electrons. The standard InChI is InChI=1S/C22H24N2O2/c1-2-13-23-21(25)20-14-19(17-9-5-3-6-10-17)15-24(16-20)22(26)18-11-7-4-8-12-18/h2-12,19-20H,1,13-16H2,(H,23,25). The lowest BCUT2D eigenvalue weighted by Crippen LogP contribution is -2.48. The number of rotatable bonds is 5. The molecule has 0 spiro atoms. The van der Waals surface area contributed by atoms with Crippen molar-refractivity contribution < 1.29 is 9.59 Å². The van der Waals surface area contributed by atoms with E-state index in [9.17, 15) is 9.59 Å². The van der Waals surface area contributed by atoms with Gasteiger partial charge < -0.3 is 10.2 Å². The Morgan fingerprint density at radius 3 is 2.35 bits per heavy atom. The van der Waals surface area contributed by atoms with E-state index in [2.05, 4.69) is 24.0 Å². The average Bonchev–Trinajstić information content (AvgIpc) is 2.72. The van der Waals surface area contributed by atoms with Crippen LogP contribution in [0.1, 0.15) is 28.3 Å². The molecule has 1 saturated heterocycles. The Bertz CT molecular complexity index is 758. The summed E-state index contributed by atoms with van der Waals surface area (Å²) in [4.78, 5) is 27.3. The van der Waals surface area contributed by atoms with Gasteiger partial charge in [0, 0.05) is 31.1 Å². The van der Waals surface area contributed by atoms with E-state index < -0.39 is 0 Å². The number of nitrogens with one attached hydrogen (secondary N) is 1. The summed E-state index contributed by atoms with van der Waals surface area (Å²) in [7, 11) is 0. The van der Waals surface area contributed by atoms with Crippen molar-refractivity contribution in [3.8, 4) is 0 Å². The number of likely N-dealkylation sites (tertiary alicyclic amines) is 1. The molecule has 2 amide bonds. The van der Waals surface area contributed by atoms with Crippen LogP contribution in [0.4, 0.5) is 0 Å². The van der Waals surface area contributed by atoms with E-state index in [-0.39, 0.29) is 23.7 Å². The molecule has 2 unspecified atom stereocenters. The molecule has 0 aliphatic carbocycles. The molecule has 4 nitrogen and oxygen atoms in total. The maximum Gasteiger partial charge on any atom is 0.253 e. The summed E-state index contributed by atoms with van der Waals surface area (Å²) in [5.41, 5.74) is 1.83. The van der Waals surface area contributed by atoms with Crippen LogP contribution in [0.2, 0.25) is 0 Å². The number of benzene rings is 2. The quantitative estimate of drug-likeness (QED) is 0.844. The number of hydrogen-bond donors (Lipinski definition) is 1. The highest BCUT2D eigenvalue weighted by molar-refractivity contribution is 5.94. The van der Waals surface area contributed by atoms with Crippen LogP contribution in [0.3, 0.4) is 0 Å². The van der Waals surface area contributed by atoms with Crippen molar-refractivity contribution in [1.29, 1.82) is 0 Å². The zero-order valence-corrected chi connectivity index (χ0v) is 14.8. The van der Waals surface area contributed by atoms with Gasteiger partial charge in [-0.2, -0.15) is 0 Å². The fourth-order valence-corrected chi connectivity index (χ4v) is 3.50. The lowest BCUT2D eigenvalue weighted by atomic mass is 9.83. The monoisotopic (exact) mass is 348 g/mol. The van der Waals surface area contributed by atoms with Crippen molar-refractivity contribution in [1.82, 2.24) is 10.2 Å². The second-order valence-electron chi connectivity index (χ2n) is 6.65. The van der Waals surface area contributed by atoms with Gasteiger partial charge in [0.2, 0.25) is 5.91 Å². The number of hydrogen-bond acceptors (Lipinski definition) is 2. The van der Waals surface area contributed by atoms with Gasteiger partial charge in [0.25, 0.3) is 5.91 Å². The van der Waals surface area contributed by atoms with Crippen LogP contribution >= 0.6 is 0 Å². The number of carbonyl (C=O) groups is 2. The SMILES string of the molecule is C=CCNC(=O)C1CC(c2ccccc2)CN(C(=O)c2ccccc2)C1. The maximum atomic E-state index is 12.9. The van der Waals surface area contributed by atoms with E-state index in [4.69, 9.17) is 0 Å². The summed E-state index contributed by atoms with van der Waals surface area (Å²) >= 11 is 0. The minimum Gasteiger partial charge on any atom is -0.352 e. The van der Waals surface area contributed by atoms with Crippen molar-refractivity contribution in [2.24, 2.45) is 5.92 Å². The third-order valence-corrected chi connectivity index (χ3v) is 4.82. The summed E-state index contributed by atoms with van der Waals surface area (Å²) in [5, 5.41) is 2.88. The third kappa shape index (κ3) is 4.20. The summed E-state index contributed by atoms with van der Waals surface area (Å²) in [6.07, 6.45) is 2.41. The molecule has 0 bridgehead atoms. The van der Waals surface area contributed by atoms with Crippen molar-refractivity contribution in [2.75, 3.05) is 19.6 Å². The van der Waals surface area contributed by atoms with E-state index in [1.807, 2.05) is 53.4 Å². The van der Waals surface area contributed by atoms with Gasteiger partial charge in [0.15, 0.2) is 0 Å². The van der Waals surface area contributed by atoms with Gasteiger partial charge in [0.1, 0.15) is 0 Å². The average molecular weight is 348 g/mol. The number of amides is 2. The van der Waals surface area contributed by atoms with Crippen LogP contribution in [-0.2, 0) is 4.79 Å². The van der Waals surface area contributed by atoms with Crippen LogP contribution in [0.5, 0.6) is 0 Å². The Morgan fingerprint density at radius 2 is 1.69 bits per heavy atom. The van der Waals surface area contributed by atoms with E-state index >= 15 is 0 Å². The van der Waals surface area contributed by atoms with E-state index in [1.54, 1.807) is 6.08 Å². The van der Waals surface area contributed by atoms with Crippen molar-refractivity contribution in [3.63, 3.8) is 0 Å². The van der Waals surface area contributed by atoms with Crippen molar-refractivity contribution in [3.05, 3.63) is 84.4 Å². The Morgan fingerprint density at radius 1 is 1.04 bits per heavy atom. The molecule has 1 fully saturated rings. The molecular formula is C22H24N2O2. The van der Waals surface area contributed by atoms with E-state index in [0.29, 0.717) is 25.2 Å². The molecule has 26 heavy (non-hydrogen) atoms. The second-order valence-corrected chi connectivity index (χ2v) is 6.65. The van der Waals surface area contributed by atoms with Crippen LogP contribution in [-0.4, -0.2) is 36.3 Å². The third-order valence-electron chi connectivity index (χ3n) is 4.82. The fourth-order valence-electron chi connectivity index (χ4n) is 3.50. The topological polar surface area (TPSA) is 49.4 Å². The Balaban J connectivity index is 1.83. The van der Waals surface area contributed by atoms with Crippen molar-refractivity contribution >= 4 is 11.8 Å². The Labute approximate surface area is 154 Å². The fraction of sp³-hybridized carbons (Fsp3) is 0.273. The first kappa shape index (κ1) is 17.9. The first-order chi connectivity index (χ1) is 12.7. The summed E-state index contributed by atoms with van der Waals surface area (Å²) in [6, 6.07) is 19.4. The summed E-state index contributed by atoms with van der Waals surface area (Å²) < 4.78 is 0. The highest BCUT2D eigenvalue weighted by Gasteiger charge is 2.34. The van der Waals surface area contributed by atoms with Gasteiger partial charge >= 0.3 is 0 Å². The predicted molar refractivity (Wildman–Crippen MR) is 103 cm³/mol. The zero-order chi connectivity index (χ0) is 18.4. The molecule has 1 aliphatic heterocycles. The normalized spacial score (nSPS) is 19.6. The van der Waals surface area contributed by atoms with Gasteiger partial charge in [-0.1, -0.05) is 54.6 Å². The Hall–Kier alpha value is -2.88. The molecule has 3 rings (SSSR count). The lowest BCUT2D eigenvalue weighted by molar-refractivity contribution is -0.126. The van der Waals surface area contributed by atoms with Gasteiger partial charge in [0.05, 0.1) is 5.92 Å². The summed E-state index contributed by atoms with van der Waals surface area (Å²) in [6.45, 7) is 5.16. The van der Waals surface area contributed by atoms with Crippen molar-refractivity contribution in [2.45, 2.75) is 12.3 Å². The predicted octanol–water partition coefficient (Wildman–Crippen LogP) is 3.23. The number of nitrogens with zero attached hydrogens (tertiary/aromatic N) is 1. The first-order valence-corrected chi connectivity index (χ1v) is 8.97. The molecule has 4 heteroatoms.